The highest BCUT2D eigenvalue weighted by Gasteiger charge is 2.23. The van der Waals surface area contributed by atoms with Crippen molar-refractivity contribution in [2.24, 2.45) is 0 Å². The molecule has 0 saturated carbocycles. The monoisotopic (exact) mass is 545 g/mol. The molecular formula is C25H25F2N5O5S. The third-order valence-electron chi connectivity index (χ3n) is 5.24. The summed E-state index contributed by atoms with van der Waals surface area (Å²) in [5, 5.41) is 15.2. The maximum Gasteiger partial charge on any atom is 0.412 e. The summed E-state index contributed by atoms with van der Waals surface area (Å²) < 4.78 is 65.6. The molecule has 200 valence electrons. The number of hydrogen-bond donors (Lipinski definition) is 1. The van der Waals surface area contributed by atoms with Crippen molar-refractivity contribution in [2.45, 2.75) is 45.1 Å². The van der Waals surface area contributed by atoms with Gasteiger partial charge in [-0.3, -0.25) is 5.32 Å². The van der Waals surface area contributed by atoms with E-state index in [2.05, 4.69) is 20.6 Å². The summed E-state index contributed by atoms with van der Waals surface area (Å²) in [5.41, 5.74) is -0.0836. The van der Waals surface area contributed by atoms with Crippen LogP contribution in [0.3, 0.4) is 0 Å². The zero-order valence-corrected chi connectivity index (χ0v) is 22.1. The van der Waals surface area contributed by atoms with Gasteiger partial charge in [0.1, 0.15) is 17.2 Å². The molecule has 10 nitrogen and oxygen atoms in total. The lowest BCUT2D eigenvalue weighted by Gasteiger charge is -2.20. The molecule has 0 spiro atoms. The van der Waals surface area contributed by atoms with E-state index in [1.165, 1.54) is 35.7 Å². The molecule has 2 aromatic carbocycles. The second-order valence-corrected chi connectivity index (χ2v) is 11.6. The molecule has 0 radical (unpaired) electrons. The van der Waals surface area contributed by atoms with Crippen molar-refractivity contribution in [3.63, 3.8) is 0 Å². The molecule has 2 heterocycles. The molecule has 0 atom stereocenters. The molecule has 0 aliphatic heterocycles. The largest absolute Gasteiger partial charge is 0.454 e. The van der Waals surface area contributed by atoms with Crippen LogP contribution in [-0.4, -0.2) is 45.7 Å². The molecule has 0 saturated heterocycles. The van der Waals surface area contributed by atoms with Crippen LogP contribution in [-0.2, 0) is 14.6 Å². The number of nitrogens with one attached hydrogen (secondary N) is 1. The lowest BCUT2D eigenvalue weighted by molar-refractivity contribution is 0.0636. The van der Waals surface area contributed by atoms with Crippen molar-refractivity contribution in [3.8, 4) is 22.8 Å². The number of sulfone groups is 1. The Hall–Kier alpha value is -4.13. The van der Waals surface area contributed by atoms with Gasteiger partial charge < -0.3 is 9.47 Å². The van der Waals surface area contributed by atoms with Crippen LogP contribution in [0.2, 0.25) is 0 Å². The van der Waals surface area contributed by atoms with E-state index in [9.17, 15) is 22.0 Å². The van der Waals surface area contributed by atoms with Crippen molar-refractivity contribution in [1.29, 1.82) is 0 Å². The fraction of sp³-hybridized carbons (Fsp3) is 0.280. The first-order valence-corrected chi connectivity index (χ1v) is 13.2. The molecule has 0 unspecified atom stereocenters. The van der Waals surface area contributed by atoms with E-state index < -0.39 is 33.2 Å². The number of ether oxygens (including phenoxy) is 2. The zero-order chi connectivity index (χ0) is 27.8. The first kappa shape index (κ1) is 26.9. The molecule has 4 aromatic rings. The second kappa shape index (κ2) is 9.97. The van der Waals surface area contributed by atoms with Gasteiger partial charge in [0, 0.05) is 11.6 Å². The Bertz CT molecular complexity index is 1650. The molecule has 1 N–H and O–H groups in total. The van der Waals surface area contributed by atoms with Gasteiger partial charge in [0.15, 0.2) is 27.2 Å². The van der Waals surface area contributed by atoms with E-state index in [4.69, 9.17) is 9.47 Å². The van der Waals surface area contributed by atoms with Crippen molar-refractivity contribution in [2.75, 3.05) is 11.1 Å². The molecular weight excluding hydrogens is 520 g/mol. The smallest absolute Gasteiger partial charge is 0.412 e. The van der Waals surface area contributed by atoms with Crippen molar-refractivity contribution in [1.82, 2.24) is 19.8 Å². The van der Waals surface area contributed by atoms with E-state index in [0.29, 0.717) is 11.9 Å². The third-order valence-corrected chi connectivity index (χ3v) is 6.97. The number of benzene rings is 2. The Labute approximate surface area is 217 Å². The topological polar surface area (TPSA) is 125 Å². The minimum absolute atomic E-state index is 0.0223. The summed E-state index contributed by atoms with van der Waals surface area (Å²) in [6.45, 7) is 8.26. The molecule has 4 rings (SSSR count). The molecule has 1 amide bonds. The molecule has 0 fully saturated rings. The van der Waals surface area contributed by atoms with Crippen molar-refractivity contribution in [3.05, 3.63) is 59.9 Å². The quantitative estimate of drug-likeness (QED) is 0.346. The van der Waals surface area contributed by atoms with Crippen LogP contribution >= 0.6 is 0 Å². The van der Waals surface area contributed by atoms with Crippen LogP contribution in [0.25, 0.3) is 16.9 Å². The van der Waals surface area contributed by atoms with Gasteiger partial charge in [0.2, 0.25) is 5.65 Å². The average molecular weight is 546 g/mol. The van der Waals surface area contributed by atoms with Gasteiger partial charge in [0.05, 0.1) is 22.0 Å². The van der Waals surface area contributed by atoms with E-state index in [0.717, 1.165) is 12.1 Å². The second-order valence-electron chi connectivity index (χ2n) is 9.29. The maximum absolute atomic E-state index is 14.4. The van der Waals surface area contributed by atoms with Crippen LogP contribution in [0.4, 0.5) is 19.3 Å². The van der Waals surface area contributed by atoms with Gasteiger partial charge in [-0.05, 0) is 64.1 Å². The summed E-state index contributed by atoms with van der Waals surface area (Å²) >= 11 is 0. The fourth-order valence-electron chi connectivity index (χ4n) is 3.46. The Balaban J connectivity index is 1.90. The Kier molecular flexibility index (Phi) is 7.06. The molecule has 13 heteroatoms. The summed E-state index contributed by atoms with van der Waals surface area (Å²) in [6.07, 6.45) is -0.760. The molecule has 2 aromatic heterocycles. The fourth-order valence-corrected chi connectivity index (χ4v) is 4.36. The minimum Gasteiger partial charge on any atom is -0.454 e. The first-order valence-electron chi connectivity index (χ1n) is 11.5. The van der Waals surface area contributed by atoms with Gasteiger partial charge in [-0.2, -0.15) is 9.61 Å². The van der Waals surface area contributed by atoms with Crippen LogP contribution in [0, 0.1) is 18.6 Å². The zero-order valence-electron chi connectivity index (χ0n) is 21.2. The number of carbonyl (C=O) groups is 1. The van der Waals surface area contributed by atoms with Crippen LogP contribution in [0.15, 0.2) is 47.4 Å². The number of nitrogens with zero attached hydrogens (tertiary/aromatic N) is 4. The highest BCUT2D eigenvalue weighted by molar-refractivity contribution is 7.91. The lowest BCUT2D eigenvalue weighted by Crippen LogP contribution is -2.27. The minimum atomic E-state index is -3.65. The number of amides is 1. The summed E-state index contributed by atoms with van der Waals surface area (Å²) in [6, 6.07) is 8.26. The van der Waals surface area contributed by atoms with Gasteiger partial charge in [-0.15, -0.1) is 10.2 Å². The number of anilines is 1. The van der Waals surface area contributed by atoms with E-state index in [-0.39, 0.29) is 44.7 Å². The number of carbonyl (C=O) groups excluding carboxylic acids is 1. The first-order chi connectivity index (χ1) is 17.8. The number of rotatable bonds is 6. The predicted octanol–water partition coefficient (Wildman–Crippen LogP) is 5.31. The molecule has 0 aliphatic carbocycles. The van der Waals surface area contributed by atoms with E-state index >= 15 is 0 Å². The number of hydrogen-bond acceptors (Lipinski definition) is 8. The van der Waals surface area contributed by atoms with E-state index in [1.807, 2.05) is 0 Å². The molecule has 38 heavy (non-hydrogen) atoms. The number of aryl methyl sites for hydroxylation is 1. The highest BCUT2D eigenvalue weighted by Crippen LogP contribution is 2.37. The molecule has 0 bridgehead atoms. The number of fused-ring (bicyclic) bond motifs is 1. The lowest BCUT2D eigenvalue weighted by atomic mass is 10.1. The van der Waals surface area contributed by atoms with Crippen molar-refractivity contribution < 1.29 is 31.5 Å². The predicted molar refractivity (Wildman–Crippen MR) is 135 cm³/mol. The van der Waals surface area contributed by atoms with Gasteiger partial charge in [-0.25, -0.2) is 22.0 Å². The number of halogens is 2. The Morgan fingerprint density at radius 1 is 1.05 bits per heavy atom. The van der Waals surface area contributed by atoms with Gasteiger partial charge in [-0.1, -0.05) is 6.92 Å². The van der Waals surface area contributed by atoms with Crippen molar-refractivity contribution >= 4 is 27.3 Å². The third kappa shape index (κ3) is 5.72. The molecule has 0 aliphatic rings. The summed E-state index contributed by atoms with van der Waals surface area (Å²) in [5.74, 6) is -1.78. The van der Waals surface area contributed by atoms with Gasteiger partial charge in [0.25, 0.3) is 0 Å². The highest BCUT2D eigenvalue weighted by atomic mass is 32.2. The standard InChI is InChI=1S/C25H25F2N5O5S/c1-6-38(34,35)16-8-10-21(36-22-9-7-15(26)11-18(22)27)17(12-16)19-13-20(28-24(33)37-25(3,4)5)23-30-29-14(2)32(23)31-19/h7-13H,6H2,1-5H3,(H,28,33). The Morgan fingerprint density at radius 3 is 2.42 bits per heavy atom. The maximum atomic E-state index is 14.4. The number of aromatic nitrogens is 4. The van der Waals surface area contributed by atoms with E-state index in [1.54, 1.807) is 27.7 Å². The van der Waals surface area contributed by atoms with Crippen LogP contribution < -0.4 is 10.1 Å². The normalized spacial score (nSPS) is 12.0. The Morgan fingerprint density at radius 2 is 1.76 bits per heavy atom. The average Bonchev–Trinajstić information content (AvgIpc) is 3.20. The van der Waals surface area contributed by atoms with Crippen LogP contribution in [0.5, 0.6) is 11.5 Å². The summed E-state index contributed by atoms with van der Waals surface area (Å²) in [4.78, 5) is 12.5. The SMILES string of the molecule is CCS(=O)(=O)c1ccc(Oc2ccc(F)cc2F)c(-c2cc(NC(=O)OC(C)(C)C)c3nnc(C)n3n2)c1. The van der Waals surface area contributed by atoms with Crippen LogP contribution in [0.1, 0.15) is 33.5 Å². The summed E-state index contributed by atoms with van der Waals surface area (Å²) in [7, 11) is -3.65. The van der Waals surface area contributed by atoms with Gasteiger partial charge >= 0.3 is 6.09 Å².